The third-order valence-corrected chi connectivity index (χ3v) is 3.75. The summed E-state index contributed by atoms with van der Waals surface area (Å²) in [5.74, 6) is 1.41. The molecular weight excluding hydrogens is 274 g/mol. The maximum atomic E-state index is 5.41. The zero-order valence-corrected chi connectivity index (χ0v) is 12.7. The molecule has 3 aromatic rings. The van der Waals surface area contributed by atoms with E-state index in [1.54, 1.807) is 14.2 Å². The van der Waals surface area contributed by atoms with E-state index in [2.05, 4.69) is 29.9 Å². The van der Waals surface area contributed by atoms with Crippen LogP contribution in [-0.2, 0) is 0 Å². The van der Waals surface area contributed by atoms with Crippen LogP contribution in [0.1, 0.15) is 0 Å². The molecule has 0 fully saturated rings. The molecule has 0 unspecified atom stereocenters. The molecule has 0 saturated carbocycles. The van der Waals surface area contributed by atoms with E-state index in [9.17, 15) is 0 Å². The highest BCUT2D eigenvalue weighted by molar-refractivity contribution is 6.02. The molecule has 0 aliphatic carbocycles. The van der Waals surface area contributed by atoms with Crippen molar-refractivity contribution < 1.29 is 9.47 Å². The summed E-state index contributed by atoms with van der Waals surface area (Å²) in [5, 5.41) is 2.30. The molecule has 0 saturated heterocycles. The molecule has 3 nitrogen and oxygen atoms in total. The highest BCUT2D eigenvalue weighted by Gasteiger charge is 2.12. The second kappa shape index (κ2) is 5.90. The molecule has 0 heterocycles. The number of benzene rings is 3. The Balaban J connectivity index is 2.31. The van der Waals surface area contributed by atoms with Gasteiger partial charge in [-0.15, -0.1) is 0 Å². The van der Waals surface area contributed by atoms with Gasteiger partial charge in [0.05, 0.1) is 19.9 Å². The monoisotopic (exact) mass is 291 g/mol. The van der Waals surface area contributed by atoms with Crippen LogP contribution in [0.2, 0.25) is 0 Å². The third-order valence-electron chi connectivity index (χ3n) is 3.75. The fraction of sp³-hybridized carbons (Fsp3) is 0.105. The van der Waals surface area contributed by atoms with Crippen LogP contribution >= 0.6 is 0 Å². The van der Waals surface area contributed by atoms with Crippen LogP contribution in [-0.4, -0.2) is 20.9 Å². The van der Waals surface area contributed by atoms with Gasteiger partial charge in [-0.05, 0) is 41.3 Å². The average molecular weight is 291 g/mol. The summed E-state index contributed by atoms with van der Waals surface area (Å²) in [6, 6.07) is 18.2. The van der Waals surface area contributed by atoms with Gasteiger partial charge in [-0.25, -0.2) is 0 Å². The van der Waals surface area contributed by atoms with Crippen LogP contribution in [0, 0.1) is 0 Å². The highest BCUT2D eigenvalue weighted by Crippen LogP contribution is 2.40. The fourth-order valence-electron chi connectivity index (χ4n) is 2.69. The zero-order valence-electron chi connectivity index (χ0n) is 12.7. The standard InChI is InChI=1S/C19H17NO2/c1-20-16-10-8-13-6-4-5-7-15(13)19(16)14-9-11-17(21-2)18(12-14)22-3/h4-12H,1H2,2-3H3. The second-order valence-corrected chi connectivity index (χ2v) is 4.91. The summed E-state index contributed by atoms with van der Waals surface area (Å²) in [5.41, 5.74) is 2.93. The van der Waals surface area contributed by atoms with E-state index in [1.807, 2.05) is 36.4 Å². The van der Waals surface area contributed by atoms with E-state index >= 15 is 0 Å². The van der Waals surface area contributed by atoms with E-state index in [1.165, 1.54) is 5.39 Å². The Morgan fingerprint density at radius 3 is 2.36 bits per heavy atom. The molecule has 0 aromatic heterocycles. The third kappa shape index (κ3) is 2.31. The quantitative estimate of drug-likeness (QED) is 0.643. The molecule has 0 spiro atoms. The van der Waals surface area contributed by atoms with Gasteiger partial charge >= 0.3 is 0 Å². The highest BCUT2D eigenvalue weighted by atomic mass is 16.5. The normalized spacial score (nSPS) is 10.5. The molecular formula is C19H17NO2. The van der Waals surface area contributed by atoms with Crippen LogP contribution < -0.4 is 9.47 Å². The van der Waals surface area contributed by atoms with E-state index in [0.29, 0.717) is 11.5 Å². The molecule has 0 amide bonds. The van der Waals surface area contributed by atoms with Gasteiger partial charge in [0.2, 0.25) is 0 Å². The minimum Gasteiger partial charge on any atom is -0.493 e. The van der Waals surface area contributed by atoms with Crippen molar-refractivity contribution in [3.05, 3.63) is 54.6 Å². The minimum atomic E-state index is 0.697. The molecule has 0 aliphatic heterocycles. The van der Waals surface area contributed by atoms with Crippen molar-refractivity contribution in [3.8, 4) is 22.6 Å². The van der Waals surface area contributed by atoms with Crippen LogP contribution in [0.4, 0.5) is 5.69 Å². The molecule has 22 heavy (non-hydrogen) atoms. The number of hydrogen-bond acceptors (Lipinski definition) is 3. The van der Waals surface area contributed by atoms with Crippen molar-refractivity contribution in [2.24, 2.45) is 4.99 Å². The SMILES string of the molecule is C=Nc1ccc2ccccc2c1-c1ccc(OC)c(OC)c1. The molecule has 3 heteroatoms. The van der Waals surface area contributed by atoms with Gasteiger partial charge in [-0.3, -0.25) is 4.99 Å². The smallest absolute Gasteiger partial charge is 0.161 e. The van der Waals surface area contributed by atoms with Gasteiger partial charge < -0.3 is 9.47 Å². The molecule has 3 rings (SSSR count). The van der Waals surface area contributed by atoms with Crippen molar-refractivity contribution in [2.45, 2.75) is 0 Å². The van der Waals surface area contributed by atoms with Gasteiger partial charge in [0.15, 0.2) is 11.5 Å². The lowest BCUT2D eigenvalue weighted by Crippen LogP contribution is -1.91. The lowest BCUT2D eigenvalue weighted by molar-refractivity contribution is 0.355. The van der Waals surface area contributed by atoms with Crippen molar-refractivity contribution in [3.63, 3.8) is 0 Å². The number of hydrogen-bond donors (Lipinski definition) is 0. The summed E-state index contributed by atoms with van der Waals surface area (Å²) < 4.78 is 10.7. The van der Waals surface area contributed by atoms with Crippen molar-refractivity contribution in [1.82, 2.24) is 0 Å². The second-order valence-electron chi connectivity index (χ2n) is 4.91. The summed E-state index contributed by atoms with van der Waals surface area (Å²) >= 11 is 0. The first-order chi connectivity index (χ1) is 10.8. The van der Waals surface area contributed by atoms with E-state index < -0.39 is 0 Å². The minimum absolute atomic E-state index is 0.697. The van der Waals surface area contributed by atoms with E-state index in [-0.39, 0.29) is 0 Å². The Hall–Kier alpha value is -2.81. The lowest BCUT2D eigenvalue weighted by atomic mass is 9.96. The Labute approximate surface area is 129 Å². The number of rotatable bonds is 4. The van der Waals surface area contributed by atoms with Crippen LogP contribution in [0.3, 0.4) is 0 Å². The molecule has 3 aromatic carbocycles. The Bertz CT molecular complexity index is 840. The van der Waals surface area contributed by atoms with Crippen molar-refractivity contribution in [1.29, 1.82) is 0 Å². The molecule has 0 bridgehead atoms. The maximum absolute atomic E-state index is 5.41. The number of methoxy groups -OCH3 is 2. The largest absolute Gasteiger partial charge is 0.493 e. The molecule has 0 N–H and O–H groups in total. The van der Waals surface area contributed by atoms with Gasteiger partial charge in [0.1, 0.15) is 0 Å². The van der Waals surface area contributed by atoms with Crippen molar-refractivity contribution in [2.75, 3.05) is 14.2 Å². The average Bonchev–Trinajstić information content (AvgIpc) is 2.60. The van der Waals surface area contributed by atoms with E-state index in [4.69, 9.17) is 9.47 Å². The van der Waals surface area contributed by atoms with Gasteiger partial charge in [-0.2, -0.15) is 0 Å². The van der Waals surface area contributed by atoms with Gasteiger partial charge in [0.25, 0.3) is 0 Å². The first-order valence-corrected chi connectivity index (χ1v) is 6.99. The van der Waals surface area contributed by atoms with Crippen molar-refractivity contribution >= 4 is 23.2 Å². The first-order valence-electron chi connectivity index (χ1n) is 6.99. The summed E-state index contributed by atoms with van der Waals surface area (Å²) in [6.45, 7) is 3.69. The van der Waals surface area contributed by atoms with E-state index in [0.717, 1.165) is 22.2 Å². The first kappa shape index (κ1) is 14.1. The number of fused-ring (bicyclic) bond motifs is 1. The topological polar surface area (TPSA) is 30.8 Å². The predicted octanol–water partition coefficient (Wildman–Crippen LogP) is 4.86. The van der Waals surface area contributed by atoms with Crippen LogP contribution in [0.25, 0.3) is 21.9 Å². The van der Waals surface area contributed by atoms with Crippen LogP contribution in [0.5, 0.6) is 11.5 Å². The molecule has 0 aliphatic rings. The summed E-state index contributed by atoms with van der Waals surface area (Å²) in [6.07, 6.45) is 0. The van der Waals surface area contributed by atoms with Gasteiger partial charge in [-0.1, -0.05) is 36.4 Å². The fourth-order valence-corrected chi connectivity index (χ4v) is 2.69. The Morgan fingerprint density at radius 2 is 1.64 bits per heavy atom. The number of aliphatic imine (C=N–C) groups is 1. The van der Waals surface area contributed by atoms with Gasteiger partial charge in [0, 0.05) is 5.56 Å². The Kier molecular flexibility index (Phi) is 3.79. The maximum Gasteiger partial charge on any atom is 0.161 e. The molecule has 0 atom stereocenters. The summed E-state index contributed by atoms with van der Waals surface area (Å²) in [7, 11) is 3.27. The zero-order chi connectivity index (χ0) is 15.5. The van der Waals surface area contributed by atoms with Crippen LogP contribution in [0.15, 0.2) is 59.6 Å². The predicted molar refractivity (Wildman–Crippen MR) is 91.7 cm³/mol. The number of nitrogens with zero attached hydrogens (tertiary/aromatic N) is 1. The lowest BCUT2D eigenvalue weighted by Gasteiger charge is -2.13. The molecule has 0 radical (unpaired) electrons. The Morgan fingerprint density at radius 1 is 0.864 bits per heavy atom. The summed E-state index contributed by atoms with van der Waals surface area (Å²) in [4.78, 5) is 4.17. The number of ether oxygens (including phenoxy) is 2. The molecule has 110 valence electrons.